The van der Waals surface area contributed by atoms with E-state index in [0.717, 1.165) is 11.1 Å². The maximum absolute atomic E-state index is 13.4. The molecule has 3 heterocycles. The van der Waals surface area contributed by atoms with E-state index in [4.69, 9.17) is 9.72 Å². The molecule has 0 aliphatic carbocycles. The number of carbonyl (C=O) groups is 2. The van der Waals surface area contributed by atoms with Gasteiger partial charge in [-0.2, -0.15) is 4.99 Å². The van der Waals surface area contributed by atoms with Crippen molar-refractivity contribution in [1.29, 1.82) is 0 Å². The summed E-state index contributed by atoms with van der Waals surface area (Å²) in [5, 5.41) is 0.251. The Hall–Kier alpha value is -4.07. The molecule has 0 aliphatic rings. The number of ether oxygens (including phenoxy) is 1. The Morgan fingerprint density at radius 3 is 2.56 bits per heavy atom. The van der Waals surface area contributed by atoms with Crippen molar-refractivity contribution in [3.8, 4) is 0 Å². The second-order valence-corrected chi connectivity index (χ2v) is 8.08. The largest absolute Gasteiger partial charge is 0.462 e. The number of aromatic nitrogens is 3. The molecule has 0 spiro atoms. The third kappa shape index (κ3) is 4.14. The number of fused-ring (bicyclic) bond motifs is 2. The Morgan fingerprint density at radius 1 is 1.06 bits per heavy atom. The fourth-order valence-electron chi connectivity index (χ4n) is 3.94. The zero-order valence-electron chi connectivity index (χ0n) is 19.7. The van der Waals surface area contributed by atoms with Crippen molar-refractivity contribution in [2.75, 3.05) is 6.61 Å². The summed E-state index contributed by atoms with van der Waals surface area (Å²) in [5.74, 6) is -1.15. The third-order valence-corrected chi connectivity index (χ3v) is 5.52. The first-order valence-corrected chi connectivity index (χ1v) is 11.2. The topological polar surface area (TPSA) is 95.0 Å². The van der Waals surface area contributed by atoms with E-state index in [-0.39, 0.29) is 28.6 Å². The minimum absolute atomic E-state index is 0.0512. The first kappa shape index (κ1) is 23.1. The average molecular weight is 459 g/mol. The molecule has 8 heteroatoms. The highest BCUT2D eigenvalue weighted by Gasteiger charge is 2.20. The highest BCUT2D eigenvalue weighted by molar-refractivity contribution is 5.97. The zero-order chi connectivity index (χ0) is 24.4. The van der Waals surface area contributed by atoms with Crippen LogP contribution in [0.5, 0.6) is 0 Å². The Bertz CT molecular complexity index is 1560. The van der Waals surface area contributed by atoms with Crippen molar-refractivity contribution in [2.24, 2.45) is 4.99 Å². The first-order chi connectivity index (χ1) is 16.3. The van der Waals surface area contributed by atoms with Crippen LogP contribution in [0.3, 0.4) is 0 Å². The molecule has 1 aromatic carbocycles. The van der Waals surface area contributed by atoms with Crippen LogP contribution in [0.1, 0.15) is 52.1 Å². The van der Waals surface area contributed by atoms with Gasteiger partial charge in [0.1, 0.15) is 16.9 Å². The van der Waals surface area contributed by atoms with Crippen LogP contribution in [-0.2, 0) is 11.3 Å². The van der Waals surface area contributed by atoms with E-state index in [1.54, 1.807) is 42.0 Å². The number of esters is 1. The lowest BCUT2D eigenvalue weighted by atomic mass is 10.1. The summed E-state index contributed by atoms with van der Waals surface area (Å²) in [6.45, 7) is 7.96. The van der Waals surface area contributed by atoms with Crippen molar-refractivity contribution in [3.63, 3.8) is 0 Å². The number of carbonyl (C=O) groups excluding carboxylic acids is 2. The molecule has 8 nitrogen and oxygen atoms in total. The summed E-state index contributed by atoms with van der Waals surface area (Å²) in [5.41, 5.74) is 2.89. The average Bonchev–Trinajstić information content (AvgIpc) is 2.81. The molecule has 0 aliphatic heterocycles. The Balaban J connectivity index is 2.14. The van der Waals surface area contributed by atoms with Crippen LogP contribution in [0.4, 0.5) is 0 Å². The Kier molecular flexibility index (Phi) is 6.40. The number of nitrogens with zero attached hydrogens (tertiary/aromatic N) is 4. The summed E-state index contributed by atoms with van der Waals surface area (Å²) < 4.78 is 8.38. The van der Waals surface area contributed by atoms with Gasteiger partial charge < -0.3 is 9.30 Å². The predicted molar refractivity (Wildman–Crippen MR) is 129 cm³/mol. The van der Waals surface area contributed by atoms with Gasteiger partial charge in [-0.3, -0.25) is 14.0 Å². The first-order valence-electron chi connectivity index (χ1n) is 11.2. The molecule has 0 unspecified atom stereocenters. The fraction of sp³-hybridized carbons (Fsp3) is 0.269. The number of rotatable bonds is 5. The third-order valence-electron chi connectivity index (χ3n) is 5.52. The fourth-order valence-corrected chi connectivity index (χ4v) is 3.94. The molecule has 0 saturated heterocycles. The van der Waals surface area contributed by atoms with Gasteiger partial charge >= 0.3 is 5.97 Å². The van der Waals surface area contributed by atoms with Crippen LogP contribution < -0.4 is 11.0 Å². The van der Waals surface area contributed by atoms with Gasteiger partial charge in [0.25, 0.3) is 11.5 Å². The minimum atomic E-state index is -0.654. The predicted octanol–water partition coefficient (Wildman–Crippen LogP) is 3.59. The maximum atomic E-state index is 13.4. The van der Waals surface area contributed by atoms with Crippen LogP contribution in [0.2, 0.25) is 0 Å². The SMILES string of the molecule is CCCn1c(=NC(=O)c2cccc(C)c2)c(C(=O)OCC)cc2c(=O)n3cccc(C)c3nc21. The molecule has 0 saturated carbocycles. The molecular formula is C26H26N4O4. The van der Waals surface area contributed by atoms with E-state index in [2.05, 4.69) is 4.99 Å². The molecule has 4 aromatic rings. The van der Waals surface area contributed by atoms with Crippen LogP contribution in [0.15, 0.2) is 58.4 Å². The molecule has 0 N–H and O–H groups in total. The van der Waals surface area contributed by atoms with Crippen LogP contribution in [-0.4, -0.2) is 32.4 Å². The zero-order valence-corrected chi connectivity index (χ0v) is 19.7. The van der Waals surface area contributed by atoms with Gasteiger partial charge in [0, 0.05) is 18.3 Å². The van der Waals surface area contributed by atoms with Gasteiger partial charge in [0.2, 0.25) is 0 Å². The van der Waals surface area contributed by atoms with Gasteiger partial charge in [-0.15, -0.1) is 0 Å². The number of hydrogen-bond acceptors (Lipinski definition) is 5. The number of amides is 1. The Morgan fingerprint density at radius 2 is 1.85 bits per heavy atom. The summed E-state index contributed by atoms with van der Waals surface area (Å²) >= 11 is 0. The second-order valence-electron chi connectivity index (χ2n) is 8.08. The van der Waals surface area contributed by atoms with Gasteiger partial charge in [-0.05, 0) is 57.0 Å². The van der Waals surface area contributed by atoms with Crippen LogP contribution in [0, 0.1) is 13.8 Å². The lowest BCUT2D eigenvalue weighted by molar-refractivity contribution is 0.0523. The highest BCUT2D eigenvalue weighted by atomic mass is 16.5. The second kappa shape index (κ2) is 9.43. The maximum Gasteiger partial charge on any atom is 0.341 e. The molecular weight excluding hydrogens is 432 g/mol. The number of pyridine rings is 2. The number of hydrogen-bond donors (Lipinski definition) is 0. The molecule has 0 fully saturated rings. The molecule has 1 amide bonds. The summed E-state index contributed by atoms with van der Waals surface area (Å²) in [6, 6.07) is 12.2. The number of benzene rings is 1. The van der Waals surface area contributed by atoms with E-state index in [0.29, 0.717) is 29.8 Å². The van der Waals surface area contributed by atoms with E-state index in [1.165, 1.54) is 10.5 Å². The Labute approximate surface area is 196 Å². The van der Waals surface area contributed by atoms with Crippen molar-refractivity contribution in [1.82, 2.24) is 14.0 Å². The van der Waals surface area contributed by atoms with E-state index in [9.17, 15) is 14.4 Å². The summed E-state index contributed by atoms with van der Waals surface area (Å²) in [7, 11) is 0. The van der Waals surface area contributed by atoms with E-state index < -0.39 is 11.9 Å². The van der Waals surface area contributed by atoms with Crippen LogP contribution in [0.25, 0.3) is 16.7 Å². The normalized spacial score (nSPS) is 11.8. The smallest absolute Gasteiger partial charge is 0.341 e. The van der Waals surface area contributed by atoms with Gasteiger partial charge in [-0.25, -0.2) is 9.78 Å². The molecule has 4 rings (SSSR count). The molecule has 0 atom stereocenters. The molecule has 0 radical (unpaired) electrons. The van der Waals surface area contributed by atoms with Crippen LogP contribution >= 0.6 is 0 Å². The standard InChI is InChI=1S/C26H26N4O4/c1-5-12-29-22-19(25(32)30-13-8-10-17(4)21(30)27-22)15-20(26(33)34-6-2)23(29)28-24(31)18-11-7-9-16(3)14-18/h7-11,13-15H,5-6,12H2,1-4H3. The van der Waals surface area contributed by atoms with E-state index >= 15 is 0 Å². The quantitative estimate of drug-likeness (QED) is 0.336. The summed E-state index contributed by atoms with van der Waals surface area (Å²) in [4.78, 5) is 48.5. The van der Waals surface area contributed by atoms with Gasteiger partial charge in [0.05, 0.1) is 12.0 Å². The van der Waals surface area contributed by atoms with E-state index in [1.807, 2.05) is 32.9 Å². The lowest BCUT2D eigenvalue weighted by Gasteiger charge is -2.15. The van der Waals surface area contributed by atoms with Gasteiger partial charge in [-0.1, -0.05) is 30.7 Å². The summed E-state index contributed by atoms with van der Waals surface area (Å²) in [6.07, 6.45) is 2.31. The molecule has 0 bridgehead atoms. The monoisotopic (exact) mass is 458 g/mol. The molecule has 34 heavy (non-hydrogen) atoms. The van der Waals surface area contributed by atoms with Crippen molar-refractivity contribution >= 4 is 28.6 Å². The van der Waals surface area contributed by atoms with Crippen molar-refractivity contribution < 1.29 is 14.3 Å². The minimum Gasteiger partial charge on any atom is -0.462 e. The molecule has 3 aromatic heterocycles. The van der Waals surface area contributed by atoms with Gasteiger partial charge in [0.15, 0.2) is 5.49 Å². The van der Waals surface area contributed by atoms with Crippen molar-refractivity contribution in [3.05, 3.63) is 86.8 Å². The number of aryl methyl sites for hydroxylation is 3. The lowest BCUT2D eigenvalue weighted by Crippen LogP contribution is -2.33. The van der Waals surface area contributed by atoms with Crippen molar-refractivity contribution in [2.45, 2.75) is 40.7 Å². The molecule has 174 valence electrons. The highest BCUT2D eigenvalue weighted by Crippen LogP contribution is 2.14.